The van der Waals surface area contributed by atoms with E-state index in [0.29, 0.717) is 6.54 Å². The first kappa shape index (κ1) is 22.6. The summed E-state index contributed by atoms with van der Waals surface area (Å²) in [6.45, 7) is 6.57. The predicted octanol–water partition coefficient (Wildman–Crippen LogP) is 4.86. The Balaban J connectivity index is 2.35. The van der Waals surface area contributed by atoms with E-state index < -0.39 is 6.04 Å². The molecule has 4 nitrogen and oxygen atoms in total. The number of hydrogen-bond donors (Lipinski definition) is 1. The van der Waals surface area contributed by atoms with Crippen molar-refractivity contribution in [1.29, 1.82) is 0 Å². The zero-order valence-corrected chi connectivity index (χ0v) is 17.5. The van der Waals surface area contributed by atoms with Crippen LogP contribution in [0, 0.1) is 11.7 Å². The molecule has 0 aliphatic carbocycles. The van der Waals surface area contributed by atoms with E-state index in [1.165, 1.54) is 12.1 Å². The third-order valence-electron chi connectivity index (χ3n) is 4.80. The number of hydrogen-bond acceptors (Lipinski definition) is 2. The van der Waals surface area contributed by atoms with Gasteiger partial charge in [-0.05, 0) is 29.7 Å². The zero-order chi connectivity index (χ0) is 21.2. The quantitative estimate of drug-likeness (QED) is 0.581. The van der Waals surface area contributed by atoms with E-state index in [0.717, 1.165) is 30.4 Å². The highest BCUT2D eigenvalue weighted by Crippen LogP contribution is 2.25. The zero-order valence-electron chi connectivity index (χ0n) is 17.5. The Morgan fingerprint density at radius 3 is 2.24 bits per heavy atom. The van der Waals surface area contributed by atoms with Crippen LogP contribution in [0.4, 0.5) is 4.39 Å². The lowest BCUT2D eigenvalue weighted by Crippen LogP contribution is -2.45. The van der Waals surface area contributed by atoms with Crippen molar-refractivity contribution in [2.24, 2.45) is 5.92 Å². The van der Waals surface area contributed by atoms with E-state index in [1.807, 2.05) is 44.2 Å². The van der Waals surface area contributed by atoms with Crippen LogP contribution < -0.4 is 5.32 Å². The molecule has 156 valence electrons. The van der Waals surface area contributed by atoms with Gasteiger partial charge in [0.15, 0.2) is 0 Å². The SMILES string of the molecule is CCCCCNC(=O)[C@H](c1ccccc1)N(Cc1ccc(F)cc1)C(=O)C(C)C. The van der Waals surface area contributed by atoms with E-state index in [2.05, 4.69) is 12.2 Å². The van der Waals surface area contributed by atoms with Crippen molar-refractivity contribution in [3.05, 3.63) is 71.5 Å². The summed E-state index contributed by atoms with van der Waals surface area (Å²) in [6, 6.07) is 14.6. The van der Waals surface area contributed by atoms with Crippen molar-refractivity contribution >= 4 is 11.8 Å². The molecule has 0 saturated heterocycles. The second-order valence-electron chi connectivity index (χ2n) is 7.56. The number of amides is 2. The smallest absolute Gasteiger partial charge is 0.247 e. The molecule has 0 saturated carbocycles. The standard InChI is InChI=1S/C24H31FN2O2/c1-4-5-9-16-26-23(28)22(20-10-7-6-8-11-20)27(24(29)18(2)3)17-19-12-14-21(25)15-13-19/h6-8,10-15,18,22H,4-5,9,16-17H2,1-3H3,(H,26,28)/t22-/m0/s1. The first-order valence-electron chi connectivity index (χ1n) is 10.3. The van der Waals surface area contributed by atoms with Crippen LogP contribution in [0.1, 0.15) is 57.2 Å². The Bertz CT molecular complexity index is 775. The van der Waals surface area contributed by atoms with Crippen LogP contribution in [0.3, 0.4) is 0 Å². The Kier molecular flexibility index (Phi) is 8.84. The number of rotatable bonds is 10. The molecular weight excluding hydrogens is 367 g/mol. The van der Waals surface area contributed by atoms with Crippen molar-refractivity contribution in [3.8, 4) is 0 Å². The molecule has 2 amide bonds. The Morgan fingerprint density at radius 2 is 1.66 bits per heavy atom. The number of nitrogens with one attached hydrogen (secondary N) is 1. The highest BCUT2D eigenvalue weighted by atomic mass is 19.1. The van der Waals surface area contributed by atoms with Crippen molar-refractivity contribution in [1.82, 2.24) is 10.2 Å². The minimum Gasteiger partial charge on any atom is -0.354 e. The Hall–Kier alpha value is -2.69. The molecule has 5 heteroatoms. The first-order chi connectivity index (χ1) is 13.9. The maximum absolute atomic E-state index is 13.3. The van der Waals surface area contributed by atoms with Crippen LogP contribution in [0.25, 0.3) is 0 Å². The summed E-state index contributed by atoms with van der Waals surface area (Å²) in [7, 11) is 0. The fourth-order valence-electron chi connectivity index (χ4n) is 3.21. The number of unbranched alkanes of at least 4 members (excludes halogenated alkanes) is 2. The summed E-state index contributed by atoms with van der Waals surface area (Å²) in [5.74, 6) is -0.909. The molecule has 0 unspecified atom stereocenters. The number of nitrogens with zero attached hydrogens (tertiary/aromatic N) is 1. The van der Waals surface area contributed by atoms with Gasteiger partial charge in [-0.25, -0.2) is 4.39 Å². The number of carbonyl (C=O) groups is 2. The third kappa shape index (κ3) is 6.70. The van der Waals surface area contributed by atoms with Gasteiger partial charge in [0, 0.05) is 19.0 Å². The fourth-order valence-corrected chi connectivity index (χ4v) is 3.21. The molecule has 1 atom stereocenters. The van der Waals surface area contributed by atoms with Crippen LogP contribution in [-0.2, 0) is 16.1 Å². The van der Waals surface area contributed by atoms with Crippen molar-refractivity contribution < 1.29 is 14.0 Å². The van der Waals surface area contributed by atoms with E-state index in [9.17, 15) is 14.0 Å². The molecule has 0 spiro atoms. The predicted molar refractivity (Wildman–Crippen MR) is 114 cm³/mol. The molecular formula is C24H31FN2O2. The van der Waals surface area contributed by atoms with Gasteiger partial charge in [0.1, 0.15) is 11.9 Å². The van der Waals surface area contributed by atoms with E-state index in [1.54, 1.807) is 17.0 Å². The highest BCUT2D eigenvalue weighted by Gasteiger charge is 2.32. The van der Waals surface area contributed by atoms with Crippen molar-refractivity contribution in [3.63, 3.8) is 0 Å². The molecule has 2 rings (SSSR count). The van der Waals surface area contributed by atoms with Crippen LogP contribution in [0.2, 0.25) is 0 Å². The minimum atomic E-state index is -0.738. The molecule has 0 heterocycles. The second-order valence-corrected chi connectivity index (χ2v) is 7.56. The van der Waals surface area contributed by atoms with Gasteiger partial charge in [-0.15, -0.1) is 0 Å². The van der Waals surface area contributed by atoms with Crippen LogP contribution in [0.15, 0.2) is 54.6 Å². The largest absolute Gasteiger partial charge is 0.354 e. The molecule has 2 aromatic carbocycles. The summed E-state index contributed by atoms with van der Waals surface area (Å²) in [4.78, 5) is 27.8. The van der Waals surface area contributed by atoms with E-state index in [4.69, 9.17) is 0 Å². The summed E-state index contributed by atoms with van der Waals surface area (Å²) in [5.41, 5.74) is 1.54. The summed E-state index contributed by atoms with van der Waals surface area (Å²) in [5, 5.41) is 2.99. The van der Waals surface area contributed by atoms with Crippen LogP contribution in [-0.4, -0.2) is 23.3 Å². The van der Waals surface area contributed by atoms with Gasteiger partial charge in [0.25, 0.3) is 0 Å². The summed E-state index contributed by atoms with van der Waals surface area (Å²) in [6.07, 6.45) is 3.01. The molecule has 1 N–H and O–H groups in total. The third-order valence-corrected chi connectivity index (χ3v) is 4.80. The minimum absolute atomic E-state index is 0.119. The lowest BCUT2D eigenvalue weighted by molar-refractivity contribution is -0.144. The maximum atomic E-state index is 13.3. The first-order valence-corrected chi connectivity index (χ1v) is 10.3. The summed E-state index contributed by atoms with van der Waals surface area (Å²) >= 11 is 0. The van der Waals surface area contributed by atoms with Gasteiger partial charge >= 0.3 is 0 Å². The van der Waals surface area contributed by atoms with Gasteiger partial charge in [-0.3, -0.25) is 9.59 Å². The van der Waals surface area contributed by atoms with E-state index >= 15 is 0 Å². The number of benzene rings is 2. The highest BCUT2D eigenvalue weighted by molar-refractivity contribution is 5.89. The molecule has 0 aromatic heterocycles. The molecule has 0 radical (unpaired) electrons. The normalized spacial score (nSPS) is 11.9. The topological polar surface area (TPSA) is 49.4 Å². The monoisotopic (exact) mass is 398 g/mol. The Labute approximate surface area is 173 Å². The maximum Gasteiger partial charge on any atom is 0.247 e. The molecule has 0 aliphatic heterocycles. The lowest BCUT2D eigenvalue weighted by Gasteiger charge is -2.33. The number of halogens is 1. The van der Waals surface area contributed by atoms with Gasteiger partial charge < -0.3 is 10.2 Å². The number of carbonyl (C=O) groups excluding carboxylic acids is 2. The van der Waals surface area contributed by atoms with Crippen LogP contribution in [0.5, 0.6) is 0 Å². The van der Waals surface area contributed by atoms with Gasteiger partial charge in [-0.1, -0.05) is 76.1 Å². The summed E-state index contributed by atoms with van der Waals surface area (Å²) < 4.78 is 13.3. The molecule has 2 aromatic rings. The molecule has 0 bridgehead atoms. The lowest BCUT2D eigenvalue weighted by atomic mass is 10.0. The fraction of sp³-hybridized carbons (Fsp3) is 0.417. The van der Waals surface area contributed by atoms with Crippen LogP contribution >= 0.6 is 0 Å². The average molecular weight is 399 g/mol. The van der Waals surface area contributed by atoms with E-state index in [-0.39, 0.29) is 30.1 Å². The van der Waals surface area contributed by atoms with Gasteiger partial charge in [-0.2, -0.15) is 0 Å². The average Bonchev–Trinajstić information content (AvgIpc) is 2.72. The Morgan fingerprint density at radius 1 is 1.00 bits per heavy atom. The van der Waals surface area contributed by atoms with Crippen molar-refractivity contribution in [2.45, 2.75) is 52.6 Å². The molecule has 0 aliphatic rings. The second kappa shape index (κ2) is 11.3. The van der Waals surface area contributed by atoms with Crippen molar-refractivity contribution in [2.75, 3.05) is 6.54 Å². The molecule has 29 heavy (non-hydrogen) atoms. The van der Waals surface area contributed by atoms with Gasteiger partial charge in [0.2, 0.25) is 11.8 Å². The molecule has 0 fully saturated rings. The van der Waals surface area contributed by atoms with Gasteiger partial charge in [0.05, 0.1) is 0 Å².